The molecule has 0 amide bonds. The Morgan fingerprint density at radius 2 is 2.24 bits per heavy atom. The zero-order valence-electron chi connectivity index (χ0n) is 13.0. The molecule has 1 fully saturated rings. The second kappa shape index (κ2) is 7.46. The van der Waals surface area contributed by atoms with Crippen LogP contribution in [-0.2, 0) is 11.3 Å². The van der Waals surface area contributed by atoms with Crippen molar-refractivity contribution >= 4 is 5.84 Å². The molecule has 0 spiro atoms. The molecule has 1 aromatic rings. The maximum Gasteiger partial charge on any atom is 0.170 e. The van der Waals surface area contributed by atoms with Crippen molar-refractivity contribution < 1.29 is 9.94 Å². The molecule has 0 bridgehead atoms. The summed E-state index contributed by atoms with van der Waals surface area (Å²) in [5, 5.41) is 11.7. The van der Waals surface area contributed by atoms with Crippen molar-refractivity contribution in [2.24, 2.45) is 16.8 Å². The molecule has 0 heterocycles. The highest BCUT2D eigenvalue weighted by Gasteiger charge is 2.21. The van der Waals surface area contributed by atoms with Gasteiger partial charge in [-0.2, -0.15) is 0 Å². The predicted molar refractivity (Wildman–Crippen MR) is 84.5 cm³/mol. The van der Waals surface area contributed by atoms with Gasteiger partial charge in [0.2, 0.25) is 0 Å². The Bertz CT molecular complexity index is 500. The molecule has 1 aromatic carbocycles. The summed E-state index contributed by atoms with van der Waals surface area (Å²) in [7, 11) is 0. The van der Waals surface area contributed by atoms with Crippen LogP contribution in [0.3, 0.4) is 0 Å². The number of aryl methyl sites for hydroxylation is 1. The highest BCUT2D eigenvalue weighted by atomic mass is 16.5. The largest absolute Gasteiger partial charge is 0.409 e. The summed E-state index contributed by atoms with van der Waals surface area (Å²) in [4.78, 5) is 0. The van der Waals surface area contributed by atoms with E-state index in [1.165, 1.54) is 37.7 Å². The van der Waals surface area contributed by atoms with Gasteiger partial charge in [-0.3, -0.25) is 0 Å². The minimum atomic E-state index is 0.142. The average molecular weight is 290 g/mol. The number of oxime groups is 1. The Hall–Kier alpha value is -1.55. The van der Waals surface area contributed by atoms with Crippen LogP contribution in [0.2, 0.25) is 0 Å². The summed E-state index contributed by atoms with van der Waals surface area (Å²) in [6.45, 7) is 4.94. The molecule has 0 radical (unpaired) electrons. The Kier molecular flexibility index (Phi) is 5.62. The number of benzene rings is 1. The van der Waals surface area contributed by atoms with Crippen LogP contribution in [0.25, 0.3) is 0 Å². The van der Waals surface area contributed by atoms with Gasteiger partial charge in [0.15, 0.2) is 5.84 Å². The van der Waals surface area contributed by atoms with Gasteiger partial charge in [0.05, 0.1) is 12.7 Å². The first-order valence-electron chi connectivity index (χ1n) is 7.83. The van der Waals surface area contributed by atoms with Crippen LogP contribution in [0.5, 0.6) is 0 Å². The summed E-state index contributed by atoms with van der Waals surface area (Å²) in [5.74, 6) is 0.969. The number of nitrogens with zero attached hydrogens (tertiary/aromatic N) is 1. The molecule has 0 aromatic heterocycles. The molecule has 0 aliphatic heterocycles. The minimum Gasteiger partial charge on any atom is -0.409 e. The minimum absolute atomic E-state index is 0.142. The Balaban J connectivity index is 1.94. The topological polar surface area (TPSA) is 67.8 Å². The van der Waals surface area contributed by atoms with Crippen LogP contribution < -0.4 is 5.73 Å². The third-order valence-electron chi connectivity index (χ3n) is 4.53. The molecule has 1 saturated carbocycles. The summed E-state index contributed by atoms with van der Waals surface area (Å²) < 4.78 is 6.10. The lowest BCUT2D eigenvalue weighted by Crippen LogP contribution is -2.22. The van der Waals surface area contributed by atoms with E-state index >= 15 is 0 Å². The first kappa shape index (κ1) is 15.8. The summed E-state index contributed by atoms with van der Waals surface area (Å²) in [6, 6.07) is 5.81. The predicted octanol–water partition coefficient (Wildman–Crippen LogP) is 3.57. The quantitative estimate of drug-likeness (QED) is 0.377. The van der Waals surface area contributed by atoms with Gasteiger partial charge in [0.1, 0.15) is 0 Å². The monoisotopic (exact) mass is 290 g/mol. The van der Waals surface area contributed by atoms with E-state index in [0.29, 0.717) is 12.7 Å². The molecule has 0 saturated heterocycles. The summed E-state index contributed by atoms with van der Waals surface area (Å²) in [5.41, 5.74) is 8.62. The lowest BCUT2D eigenvalue weighted by Gasteiger charge is -2.28. The van der Waals surface area contributed by atoms with E-state index in [1.54, 1.807) is 0 Å². The summed E-state index contributed by atoms with van der Waals surface area (Å²) >= 11 is 0. The van der Waals surface area contributed by atoms with Crippen LogP contribution in [0.15, 0.2) is 23.4 Å². The maximum atomic E-state index is 8.71. The van der Waals surface area contributed by atoms with Gasteiger partial charge in [-0.15, -0.1) is 0 Å². The van der Waals surface area contributed by atoms with Crippen molar-refractivity contribution in [2.75, 3.05) is 0 Å². The van der Waals surface area contributed by atoms with E-state index in [2.05, 4.69) is 12.1 Å². The highest BCUT2D eigenvalue weighted by Crippen LogP contribution is 2.29. The standard InChI is InChI=1S/C17H26N2O2/c1-3-13-5-4-6-16(10-13)21-11-15-8-7-14(9-12(15)2)17(18)19-20/h7-9,13,16,20H,3-6,10-11H2,1-2H3,(H2,18,19). The second-order valence-electron chi connectivity index (χ2n) is 6.00. The van der Waals surface area contributed by atoms with E-state index in [-0.39, 0.29) is 5.84 Å². The molecule has 2 unspecified atom stereocenters. The molecule has 2 rings (SSSR count). The number of ether oxygens (including phenoxy) is 1. The molecule has 116 valence electrons. The van der Waals surface area contributed by atoms with E-state index in [0.717, 1.165) is 17.0 Å². The lowest BCUT2D eigenvalue weighted by atomic mass is 9.85. The first-order valence-corrected chi connectivity index (χ1v) is 7.83. The van der Waals surface area contributed by atoms with E-state index in [4.69, 9.17) is 15.7 Å². The smallest absolute Gasteiger partial charge is 0.170 e. The number of hydrogen-bond donors (Lipinski definition) is 2. The third-order valence-corrected chi connectivity index (χ3v) is 4.53. The van der Waals surface area contributed by atoms with Crippen LogP contribution in [0, 0.1) is 12.8 Å². The van der Waals surface area contributed by atoms with Crippen molar-refractivity contribution in [3.05, 3.63) is 34.9 Å². The number of amidine groups is 1. The fourth-order valence-corrected chi connectivity index (χ4v) is 3.05. The number of nitrogens with two attached hydrogens (primary N) is 1. The normalized spacial score (nSPS) is 23.2. The van der Waals surface area contributed by atoms with E-state index < -0.39 is 0 Å². The number of hydrogen-bond acceptors (Lipinski definition) is 3. The van der Waals surface area contributed by atoms with Crippen molar-refractivity contribution in [3.8, 4) is 0 Å². The lowest BCUT2D eigenvalue weighted by molar-refractivity contribution is 0.00158. The Morgan fingerprint density at radius 3 is 2.90 bits per heavy atom. The average Bonchev–Trinajstić information content (AvgIpc) is 2.53. The van der Waals surface area contributed by atoms with Gasteiger partial charge >= 0.3 is 0 Å². The van der Waals surface area contributed by atoms with E-state index in [1.807, 2.05) is 25.1 Å². The van der Waals surface area contributed by atoms with Gasteiger partial charge in [-0.25, -0.2) is 0 Å². The maximum absolute atomic E-state index is 8.71. The SMILES string of the molecule is CCC1CCCC(OCc2ccc(/C(N)=N/O)cc2C)C1. The van der Waals surface area contributed by atoms with Crippen LogP contribution >= 0.6 is 0 Å². The molecule has 4 nitrogen and oxygen atoms in total. The second-order valence-corrected chi connectivity index (χ2v) is 6.00. The molecule has 21 heavy (non-hydrogen) atoms. The zero-order chi connectivity index (χ0) is 15.2. The van der Waals surface area contributed by atoms with Crippen LogP contribution in [0.4, 0.5) is 0 Å². The van der Waals surface area contributed by atoms with Crippen molar-refractivity contribution in [2.45, 2.75) is 58.7 Å². The van der Waals surface area contributed by atoms with Crippen molar-refractivity contribution in [3.63, 3.8) is 0 Å². The molecular weight excluding hydrogens is 264 g/mol. The first-order chi connectivity index (χ1) is 10.1. The Labute approximate surface area is 127 Å². The zero-order valence-corrected chi connectivity index (χ0v) is 13.0. The van der Waals surface area contributed by atoms with Gasteiger partial charge in [0, 0.05) is 5.56 Å². The molecule has 3 N–H and O–H groups in total. The number of rotatable bonds is 5. The van der Waals surface area contributed by atoms with Gasteiger partial charge in [-0.1, -0.05) is 43.5 Å². The third kappa shape index (κ3) is 4.21. The van der Waals surface area contributed by atoms with Crippen LogP contribution in [0.1, 0.15) is 55.7 Å². The fraction of sp³-hybridized carbons (Fsp3) is 0.588. The summed E-state index contributed by atoms with van der Waals surface area (Å²) in [6.07, 6.45) is 6.66. The highest BCUT2D eigenvalue weighted by molar-refractivity contribution is 5.97. The van der Waals surface area contributed by atoms with Crippen molar-refractivity contribution in [1.82, 2.24) is 0 Å². The van der Waals surface area contributed by atoms with Crippen LogP contribution in [-0.4, -0.2) is 17.1 Å². The van der Waals surface area contributed by atoms with Gasteiger partial charge in [-0.05, 0) is 42.9 Å². The molecular formula is C17H26N2O2. The fourth-order valence-electron chi connectivity index (χ4n) is 3.05. The molecule has 4 heteroatoms. The molecule has 1 aliphatic carbocycles. The van der Waals surface area contributed by atoms with E-state index in [9.17, 15) is 0 Å². The van der Waals surface area contributed by atoms with Gasteiger partial charge in [0.25, 0.3) is 0 Å². The van der Waals surface area contributed by atoms with Gasteiger partial charge < -0.3 is 15.7 Å². The van der Waals surface area contributed by atoms with Crippen molar-refractivity contribution in [1.29, 1.82) is 0 Å². The molecule has 2 atom stereocenters. The molecule has 1 aliphatic rings. The Morgan fingerprint density at radius 1 is 1.43 bits per heavy atom.